The second-order valence-corrected chi connectivity index (χ2v) is 4.64. The number of halogens is 1. The normalized spacial score (nSPS) is 10.1. The lowest BCUT2D eigenvalue weighted by Gasteiger charge is -2.04. The minimum absolute atomic E-state index is 0.156. The van der Waals surface area contributed by atoms with E-state index in [2.05, 4.69) is 31.2 Å². The molecule has 2 rings (SSSR count). The first-order valence-electron chi connectivity index (χ1n) is 5.54. The summed E-state index contributed by atoms with van der Waals surface area (Å²) in [6.45, 7) is 0.584. The third-order valence-electron chi connectivity index (χ3n) is 2.41. The smallest absolute Gasteiger partial charge is 0.269 e. The van der Waals surface area contributed by atoms with Crippen molar-refractivity contribution >= 4 is 21.8 Å². The molecule has 0 bridgehead atoms. The Hall–Kier alpha value is -1.75. The first-order valence-corrected chi connectivity index (χ1v) is 6.33. The van der Waals surface area contributed by atoms with Gasteiger partial charge in [-0.3, -0.25) is 9.78 Å². The highest BCUT2D eigenvalue weighted by atomic mass is 79.9. The highest BCUT2D eigenvalue weighted by Gasteiger charge is 2.05. The summed E-state index contributed by atoms with van der Waals surface area (Å²) in [6.07, 6.45) is 5.88. The Morgan fingerprint density at radius 2 is 2.00 bits per heavy atom. The molecule has 0 atom stereocenters. The number of pyridine rings is 2. The molecule has 0 aliphatic heterocycles. The molecule has 0 saturated heterocycles. The fourth-order valence-electron chi connectivity index (χ4n) is 1.47. The summed E-state index contributed by atoms with van der Waals surface area (Å²) >= 11 is 3.28. The topological polar surface area (TPSA) is 54.9 Å². The average Bonchev–Trinajstić information content (AvgIpc) is 2.40. The Kier molecular flexibility index (Phi) is 4.41. The molecule has 0 aliphatic carbocycles. The van der Waals surface area contributed by atoms with Gasteiger partial charge in [-0.05, 0) is 52.2 Å². The number of aromatic nitrogens is 2. The molecule has 0 fully saturated rings. The van der Waals surface area contributed by atoms with E-state index in [0.717, 1.165) is 16.5 Å². The fraction of sp³-hybridized carbons (Fsp3) is 0.154. The van der Waals surface area contributed by atoms with Crippen molar-refractivity contribution in [2.75, 3.05) is 6.54 Å². The Morgan fingerprint density at radius 1 is 1.22 bits per heavy atom. The maximum Gasteiger partial charge on any atom is 0.269 e. The van der Waals surface area contributed by atoms with Gasteiger partial charge in [0.15, 0.2) is 0 Å². The number of carbonyl (C=O) groups is 1. The number of nitrogens with zero attached hydrogens (tertiary/aromatic N) is 2. The van der Waals surface area contributed by atoms with Gasteiger partial charge in [-0.25, -0.2) is 4.98 Å². The van der Waals surface area contributed by atoms with E-state index in [1.807, 2.05) is 12.1 Å². The minimum atomic E-state index is -0.156. The van der Waals surface area contributed by atoms with Crippen LogP contribution in [0.4, 0.5) is 0 Å². The Labute approximate surface area is 114 Å². The van der Waals surface area contributed by atoms with E-state index in [0.29, 0.717) is 12.2 Å². The van der Waals surface area contributed by atoms with Crippen LogP contribution in [0.25, 0.3) is 0 Å². The van der Waals surface area contributed by atoms with Crippen molar-refractivity contribution in [1.82, 2.24) is 15.3 Å². The van der Waals surface area contributed by atoms with Crippen molar-refractivity contribution in [1.29, 1.82) is 0 Å². The summed E-state index contributed by atoms with van der Waals surface area (Å²) in [5.74, 6) is -0.156. The summed E-state index contributed by atoms with van der Waals surface area (Å²) in [5.41, 5.74) is 1.57. The van der Waals surface area contributed by atoms with Gasteiger partial charge in [0.2, 0.25) is 0 Å². The number of carbonyl (C=O) groups excluding carboxylic acids is 1. The molecule has 0 aromatic carbocycles. The zero-order chi connectivity index (χ0) is 12.8. The van der Waals surface area contributed by atoms with Crippen LogP contribution in [0, 0.1) is 0 Å². The molecule has 1 N–H and O–H groups in total. The van der Waals surface area contributed by atoms with E-state index in [-0.39, 0.29) is 5.91 Å². The van der Waals surface area contributed by atoms with Crippen molar-refractivity contribution in [3.8, 4) is 0 Å². The predicted molar refractivity (Wildman–Crippen MR) is 72.2 cm³/mol. The predicted octanol–water partition coefficient (Wildman–Crippen LogP) is 2.21. The lowest BCUT2D eigenvalue weighted by atomic mass is 10.2. The van der Waals surface area contributed by atoms with E-state index in [4.69, 9.17) is 0 Å². The number of hydrogen-bond acceptors (Lipinski definition) is 3. The largest absolute Gasteiger partial charge is 0.350 e. The molecule has 92 valence electrons. The van der Waals surface area contributed by atoms with E-state index in [1.165, 1.54) is 0 Å². The quantitative estimate of drug-likeness (QED) is 0.942. The van der Waals surface area contributed by atoms with E-state index < -0.39 is 0 Å². The molecule has 1 amide bonds. The third kappa shape index (κ3) is 3.63. The number of amides is 1. The molecule has 4 nitrogen and oxygen atoms in total. The molecule has 2 aromatic rings. The van der Waals surface area contributed by atoms with Gasteiger partial charge in [-0.15, -0.1) is 0 Å². The Bertz CT molecular complexity index is 514. The van der Waals surface area contributed by atoms with Crippen LogP contribution in [-0.2, 0) is 6.42 Å². The van der Waals surface area contributed by atoms with Gasteiger partial charge in [0.05, 0.1) is 0 Å². The van der Waals surface area contributed by atoms with Gasteiger partial charge in [0.1, 0.15) is 5.69 Å². The molecule has 0 aliphatic rings. The van der Waals surface area contributed by atoms with Gasteiger partial charge >= 0.3 is 0 Å². The maximum atomic E-state index is 11.7. The van der Waals surface area contributed by atoms with Crippen LogP contribution in [0.15, 0.2) is 47.3 Å². The zero-order valence-electron chi connectivity index (χ0n) is 9.64. The van der Waals surface area contributed by atoms with Crippen LogP contribution in [0.5, 0.6) is 0 Å². The lowest BCUT2D eigenvalue weighted by Crippen LogP contribution is -2.26. The Balaban J connectivity index is 1.84. The number of rotatable bonds is 4. The van der Waals surface area contributed by atoms with Crippen LogP contribution in [0.2, 0.25) is 0 Å². The summed E-state index contributed by atoms with van der Waals surface area (Å²) in [7, 11) is 0. The molecule has 0 unspecified atom stereocenters. The molecule has 0 spiro atoms. The van der Waals surface area contributed by atoms with Gasteiger partial charge in [0.25, 0.3) is 5.91 Å². The molecule has 2 aromatic heterocycles. The third-order valence-corrected chi connectivity index (χ3v) is 2.88. The van der Waals surface area contributed by atoms with E-state index in [1.54, 1.807) is 30.7 Å². The molecule has 0 saturated carbocycles. The fourth-order valence-corrected chi connectivity index (χ4v) is 1.71. The van der Waals surface area contributed by atoms with Gasteiger partial charge in [-0.2, -0.15) is 0 Å². The second kappa shape index (κ2) is 6.26. The maximum absolute atomic E-state index is 11.7. The highest BCUT2D eigenvalue weighted by Crippen LogP contribution is 2.07. The standard InChI is InChI=1S/C13H12BrN3O/c14-11-1-2-12(17-9-11)13(18)16-8-5-10-3-6-15-7-4-10/h1-4,6-7,9H,5,8H2,(H,16,18). The average molecular weight is 306 g/mol. The molecule has 2 heterocycles. The van der Waals surface area contributed by atoms with Crippen molar-refractivity contribution in [2.24, 2.45) is 0 Å². The van der Waals surface area contributed by atoms with Crippen molar-refractivity contribution < 1.29 is 4.79 Å². The highest BCUT2D eigenvalue weighted by molar-refractivity contribution is 9.10. The molecular formula is C13H12BrN3O. The monoisotopic (exact) mass is 305 g/mol. The van der Waals surface area contributed by atoms with Crippen LogP contribution < -0.4 is 5.32 Å². The molecular weight excluding hydrogens is 294 g/mol. The van der Waals surface area contributed by atoms with Crippen molar-refractivity contribution in [3.05, 3.63) is 58.6 Å². The summed E-state index contributed by atoms with van der Waals surface area (Å²) in [6, 6.07) is 7.35. The second-order valence-electron chi connectivity index (χ2n) is 3.72. The summed E-state index contributed by atoms with van der Waals surface area (Å²) < 4.78 is 0.857. The van der Waals surface area contributed by atoms with Crippen molar-refractivity contribution in [3.63, 3.8) is 0 Å². The zero-order valence-corrected chi connectivity index (χ0v) is 11.2. The van der Waals surface area contributed by atoms with E-state index >= 15 is 0 Å². The van der Waals surface area contributed by atoms with Gasteiger partial charge in [0, 0.05) is 29.6 Å². The van der Waals surface area contributed by atoms with E-state index in [9.17, 15) is 4.79 Å². The SMILES string of the molecule is O=C(NCCc1ccncc1)c1ccc(Br)cn1. The first kappa shape index (κ1) is 12.7. The first-order chi connectivity index (χ1) is 8.75. The summed E-state index contributed by atoms with van der Waals surface area (Å²) in [5, 5.41) is 2.83. The minimum Gasteiger partial charge on any atom is -0.350 e. The van der Waals surface area contributed by atoms with Gasteiger partial charge in [-0.1, -0.05) is 0 Å². The van der Waals surface area contributed by atoms with Crippen LogP contribution in [-0.4, -0.2) is 22.4 Å². The molecule has 18 heavy (non-hydrogen) atoms. The summed E-state index contributed by atoms with van der Waals surface area (Å²) in [4.78, 5) is 19.7. The number of hydrogen-bond donors (Lipinski definition) is 1. The number of nitrogens with one attached hydrogen (secondary N) is 1. The van der Waals surface area contributed by atoms with Gasteiger partial charge < -0.3 is 5.32 Å². The van der Waals surface area contributed by atoms with Crippen LogP contribution in [0.3, 0.4) is 0 Å². The van der Waals surface area contributed by atoms with Crippen LogP contribution >= 0.6 is 15.9 Å². The van der Waals surface area contributed by atoms with Crippen molar-refractivity contribution in [2.45, 2.75) is 6.42 Å². The molecule has 0 radical (unpaired) electrons. The molecule has 5 heteroatoms. The lowest BCUT2D eigenvalue weighted by molar-refractivity contribution is 0.0949. The van der Waals surface area contributed by atoms with Crippen LogP contribution in [0.1, 0.15) is 16.1 Å². The Morgan fingerprint density at radius 3 is 2.67 bits per heavy atom.